The Bertz CT molecular complexity index is 1920. The first-order chi connectivity index (χ1) is 20.8. The summed E-state index contributed by atoms with van der Waals surface area (Å²) in [5, 5.41) is 11.5. The summed E-state index contributed by atoms with van der Waals surface area (Å²) < 4.78 is 24.6. The number of rotatable bonds is 10. The summed E-state index contributed by atoms with van der Waals surface area (Å²) in [6.45, 7) is 8.13. The van der Waals surface area contributed by atoms with Crippen molar-refractivity contribution in [3.8, 4) is 22.8 Å². The molecule has 2 aromatic heterocycles. The maximum absolute atomic E-state index is 14.0. The first-order valence-electron chi connectivity index (χ1n) is 13.7. The van der Waals surface area contributed by atoms with Crippen molar-refractivity contribution in [1.82, 2.24) is 4.57 Å². The molecule has 0 saturated carbocycles. The second-order valence-electron chi connectivity index (χ2n) is 9.35. The summed E-state index contributed by atoms with van der Waals surface area (Å²) in [5.41, 5.74) is 1.13. The highest BCUT2D eigenvalue weighted by Crippen LogP contribution is 2.36. The zero-order chi connectivity index (χ0) is 30.7. The van der Waals surface area contributed by atoms with Gasteiger partial charge in [0.2, 0.25) is 0 Å². The third kappa shape index (κ3) is 5.73. The maximum atomic E-state index is 14.0. The summed E-state index contributed by atoms with van der Waals surface area (Å²) in [4.78, 5) is 43.2. The van der Waals surface area contributed by atoms with E-state index in [0.29, 0.717) is 62.4 Å². The summed E-state index contributed by atoms with van der Waals surface area (Å²) in [6.07, 6.45) is 1.56. The SMILES string of the molecule is CCOC(=O)C1=C(C)N=c2s/c(=C\c3ccc(-c4ccccc4[N+](=O)[O-])o3)c(=O)n2[C@@H]1c1ccc(OCC)c(OCC)c1. The molecule has 1 aliphatic heterocycles. The number of hydrogen-bond donors (Lipinski definition) is 0. The van der Waals surface area contributed by atoms with Gasteiger partial charge < -0.3 is 18.6 Å². The molecule has 4 aromatic rings. The average Bonchev–Trinajstić information content (AvgIpc) is 3.57. The molecule has 0 amide bonds. The number of carbonyl (C=O) groups is 1. The van der Waals surface area contributed by atoms with E-state index < -0.39 is 22.5 Å². The molecule has 5 rings (SSSR count). The number of aromatic nitrogens is 1. The van der Waals surface area contributed by atoms with Gasteiger partial charge in [-0.25, -0.2) is 9.79 Å². The Kier molecular flexibility index (Phi) is 8.58. The number of hydrogen-bond acceptors (Lipinski definition) is 10. The summed E-state index contributed by atoms with van der Waals surface area (Å²) in [7, 11) is 0. The van der Waals surface area contributed by atoms with Crippen molar-refractivity contribution in [1.29, 1.82) is 0 Å². The van der Waals surface area contributed by atoms with Crippen LogP contribution in [0.1, 0.15) is 45.1 Å². The number of benzene rings is 2. The van der Waals surface area contributed by atoms with E-state index >= 15 is 0 Å². The number of allylic oxidation sites excluding steroid dienone is 1. The van der Waals surface area contributed by atoms with E-state index in [2.05, 4.69) is 4.99 Å². The highest BCUT2D eigenvalue weighted by atomic mass is 32.1. The minimum Gasteiger partial charge on any atom is -0.490 e. The van der Waals surface area contributed by atoms with E-state index in [1.165, 1.54) is 10.6 Å². The van der Waals surface area contributed by atoms with Gasteiger partial charge in [0.05, 0.1) is 52.2 Å². The molecular weight excluding hydrogens is 574 g/mol. The van der Waals surface area contributed by atoms with Crippen LogP contribution in [-0.4, -0.2) is 35.3 Å². The van der Waals surface area contributed by atoms with Crippen LogP contribution in [0.2, 0.25) is 0 Å². The number of carbonyl (C=O) groups excluding carboxylic acids is 1. The maximum Gasteiger partial charge on any atom is 0.338 e. The van der Waals surface area contributed by atoms with Crippen LogP contribution in [-0.2, 0) is 9.53 Å². The first kappa shape index (κ1) is 29.5. The lowest BCUT2D eigenvalue weighted by Gasteiger charge is -2.25. The van der Waals surface area contributed by atoms with Crippen molar-refractivity contribution in [2.45, 2.75) is 33.7 Å². The van der Waals surface area contributed by atoms with Crippen molar-refractivity contribution in [2.75, 3.05) is 19.8 Å². The van der Waals surface area contributed by atoms with Crippen molar-refractivity contribution < 1.29 is 28.3 Å². The van der Waals surface area contributed by atoms with E-state index in [-0.39, 0.29) is 17.9 Å². The van der Waals surface area contributed by atoms with Crippen molar-refractivity contribution >= 4 is 29.1 Å². The van der Waals surface area contributed by atoms with Crippen LogP contribution in [0.3, 0.4) is 0 Å². The topological polar surface area (TPSA) is 135 Å². The molecule has 1 atom stereocenters. The summed E-state index contributed by atoms with van der Waals surface area (Å²) in [5.74, 6) is 1.08. The van der Waals surface area contributed by atoms with Crippen LogP contribution >= 0.6 is 11.3 Å². The summed E-state index contributed by atoms with van der Waals surface area (Å²) in [6, 6.07) is 14.0. The number of thiazole rings is 1. The van der Waals surface area contributed by atoms with Crippen molar-refractivity contribution in [3.05, 3.63) is 107 Å². The predicted octanol–water partition coefficient (Wildman–Crippen LogP) is 4.76. The molecule has 0 N–H and O–H groups in total. The number of nitro benzene ring substituents is 1. The molecular formula is C31H29N3O8S. The normalized spacial score (nSPS) is 14.7. The van der Waals surface area contributed by atoms with E-state index in [9.17, 15) is 19.7 Å². The Morgan fingerprint density at radius 1 is 1.07 bits per heavy atom. The standard InChI is InChI=1S/C31H29N3O8S/c1-5-39-24-14-12-19(16-25(24)40-6-2)28-27(30(36)41-7-3)18(4)32-31-33(28)29(35)26(43-31)17-20-13-15-23(42-20)21-10-8-9-11-22(21)34(37)38/h8-17,28H,5-7H2,1-4H3/b26-17-/t28-/m1/s1. The van der Waals surface area contributed by atoms with Gasteiger partial charge in [0.1, 0.15) is 11.5 Å². The molecule has 0 unspecified atom stereocenters. The Morgan fingerprint density at radius 2 is 1.81 bits per heavy atom. The van der Waals surface area contributed by atoms with Gasteiger partial charge in [-0.05, 0) is 63.6 Å². The average molecular weight is 604 g/mol. The van der Waals surface area contributed by atoms with Crippen molar-refractivity contribution in [3.63, 3.8) is 0 Å². The monoisotopic (exact) mass is 603 g/mol. The van der Waals surface area contributed by atoms with Gasteiger partial charge in [-0.3, -0.25) is 19.5 Å². The van der Waals surface area contributed by atoms with Gasteiger partial charge in [0.25, 0.3) is 11.2 Å². The van der Waals surface area contributed by atoms with E-state index in [4.69, 9.17) is 18.6 Å². The number of esters is 1. The predicted molar refractivity (Wildman–Crippen MR) is 160 cm³/mol. The van der Waals surface area contributed by atoms with Crippen LogP contribution in [0, 0.1) is 10.1 Å². The number of fused-ring (bicyclic) bond motifs is 1. The molecule has 222 valence electrons. The molecule has 0 aliphatic carbocycles. The fourth-order valence-corrected chi connectivity index (χ4v) is 5.92. The van der Waals surface area contributed by atoms with E-state index in [1.807, 2.05) is 13.8 Å². The molecule has 0 radical (unpaired) electrons. The Balaban J connectivity index is 1.65. The molecule has 2 aromatic carbocycles. The minimum atomic E-state index is -0.841. The Hall–Kier alpha value is -4.97. The second kappa shape index (κ2) is 12.5. The fraction of sp³-hybridized carbons (Fsp3) is 0.258. The number of furan rings is 1. The number of ether oxygens (including phenoxy) is 3. The van der Waals surface area contributed by atoms with E-state index in [0.717, 1.165) is 11.3 Å². The van der Waals surface area contributed by atoms with Gasteiger partial charge in [0, 0.05) is 12.1 Å². The lowest BCUT2D eigenvalue weighted by atomic mass is 9.95. The third-order valence-corrected chi connectivity index (χ3v) is 7.65. The molecule has 3 heterocycles. The van der Waals surface area contributed by atoms with Gasteiger partial charge in [-0.2, -0.15) is 0 Å². The zero-order valence-electron chi connectivity index (χ0n) is 24.0. The molecule has 1 aliphatic rings. The van der Waals surface area contributed by atoms with Crippen LogP contribution in [0.4, 0.5) is 5.69 Å². The minimum absolute atomic E-state index is 0.0912. The molecule has 12 heteroatoms. The summed E-state index contributed by atoms with van der Waals surface area (Å²) >= 11 is 1.14. The smallest absolute Gasteiger partial charge is 0.338 e. The van der Waals surface area contributed by atoms with E-state index in [1.54, 1.807) is 68.5 Å². The highest BCUT2D eigenvalue weighted by molar-refractivity contribution is 7.07. The highest BCUT2D eigenvalue weighted by Gasteiger charge is 2.34. The Labute approximate surface area is 250 Å². The molecule has 0 spiro atoms. The zero-order valence-corrected chi connectivity index (χ0v) is 24.8. The third-order valence-electron chi connectivity index (χ3n) is 6.67. The van der Waals surface area contributed by atoms with Crippen LogP contribution in [0.25, 0.3) is 17.4 Å². The van der Waals surface area contributed by atoms with Gasteiger partial charge >= 0.3 is 5.97 Å². The first-order valence-corrected chi connectivity index (χ1v) is 14.5. The number of para-hydroxylation sites is 1. The molecule has 0 bridgehead atoms. The van der Waals surface area contributed by atoms with Crippen molar-refractivity contribution in [2.24, 2.45) is 4.99 Å². The van der Waals surface area contributed by atoms with Gasteiger partial charge in [-0.15, -0.1) is 0 Å². The number of nitro groups is 1. The molecule has 0 fully saturated rings. The van der Waals surface area contributed by atoms with Crippen LogP contribution in [0.5, 0.6) is 11.5 Å². The quantitative estimate of drug-likeness (QED) is 0.144. The molecule has 0 saturated heterocycles. The Morgan fingerprint density at radius 3 is 2.53 bits per heavy atom. The van der Waals surface area contributed by atoms with Crippen LogP contribution in [0.15, 0.2) is 80.1 Å². The second-order valence-corrected chi connectivity index (χ2v) is 10.4. The fourth-order valence-electron chi connectivity index (χ4n) is 4.89. The molecule has 43 heavy (non-hydrogen) atoms. The van der Waals surface area contributed by atoms with Gasteiger partial charge in [-0.1, -0.05) is 29.5 Å². The van der Waals surface area contributed by atoms with Crippen LogP contribution < -0.4 is 24.4 Å². The molecule has 11 nitrogen and oxygen atoms in total. The lowest BCUT2D eigenvalue weighted by molar-refractivity contribution is -0.384. The largest absolute Gasteiger partial charge is 0.490 e. The van der Waals surface area contributed by atoms with Gasteiger partial charge in [0.15, 0.2) is 16.3 Å². The number of nitrogens with zero attached hydrogens (tertiary/aromatic N) is 3. The lowest BCUT2D eigenvalue weighted by Crippen LogP contribution is -2.40.